The summed E-state index contributed by atoms with van der Waals surface area (Å²) in [5.74, 6) is -1.33. The number of alkyl carbamates (subject to hydrolysis) is 1. The second-order valence-electron chi connectivity index (χ2n) is 13.2. The predicted molar refractivity (Wildman–Crippen MR) is 174 cm³/mol. The third kappa shape index (κ3) is 10.00. The molecule has 1 aliphatic rings. The molecule has 1 atom stereocenters. The van der Waals surface area contributed by atoms with Crippen molar-refractivity contribution in [2.75, 3.05) is 25.0 Å². The molecule has 0 saturated carbocycles. The van der Waals surface area contributed by atoms with Crippen molar-refractivity contribution in [1.29, 1.82) is 0 Å². The molecule has 1 saturated heterocycles. The molecule has 2 aromatic carbocycles. The number of hydrogen-bond acceptors (Lipinski definition) is 7. The minimum Gasteiger partial charge on any atom is -0.444 e. The summed E-state index contributed by atoms with van der Waals surface area (Å²) in [7, 11) is 0. The van der Waals surface area contributed by atoms with E-state index in [2.05, 4.69) is 15.6 Å². The Kier molecular flexibility index (Phi) is 11.3. The fourth-order valence-corrected chi connectivity index (χ4v) is 5.12. The molecule has 2 N–H and O–H groups in total. The highest BCUT2D eigenvalue weighted by atomic mass is 16.6. The second-order valence-corrected chi connectivity index (χ2v) is 13.2. The Balaban J connectivity index is 1.43. The van der Waals surface area contributed by atoms with E-state index in [0.29, 0.717) is 17.9 Å². The number of likely N-dealkylation sites (tertiary alicyclic amines) is 1. The first-order chi connectivity index (χ1) is 21.8. The van der Waals surface area contributed by atoms with Gasteiger partial charge in [0.25, 0.3) is 5.91 Å². The lowest BCUT2D eigenvalue weighted by molar-refractivity contribution is -0.131. The van der Waals surface area contributed by atoms with Gasteiger partial charge in [0.1, 0.15) is 5.60 Å². The SMILES string of the molecule is CC(C)(C)OC(=O)NC(C)(C)C(=O)C[C@H](COCc1ccccc1)C(=O)Nc1cn(Cc2ccccc2C(=O)N2CCCC2)cn1. The number of nitrogens with one attached hydrogen (secondary N) is 2. The molecule has 11 heteroatoms. The van der Waals surface area contributed by atoms with E-state index in [1.54, 1.807) is 51.7 Å². The number of amides is 3. The molecule has 4 rings (SSSR count). The van der Waals surface area contributed by atoms with Gasteiger partial charge in [-0.3, -0.25) is 14.4 Å². The van der Waals surface area contributed by atoms with Crippen LogP contribution in [0, 0.1) is 5.92 Å². The van der Waals surface area contributed by atoms with Crippen LogP contribution < -0.4 is 10.6 Å². The number of ketones is 1. The normalized spacial score (nSPS) is 14.1. The molecule has 11 nitrogen and oxygen atoms in total. The van der Waals surface area contributed by atoms with Gasteiger partial charge in [0.05, 0.1) is 31.0 Å². The zero-order chi connectivity index (χ0) is 33.3. The van der Waals surface area contributed by atoms with Crippen LogP contribution in [0.1, 0.15) is 75.4 Å². The Hall–Kier alpha value is -4.51. The number of Topliss-reactive ketones (excluding diaryl/α,β-unsaturated/α-hetero) is 1. The van der Waals surface area contributed by atoms with Crippen LogP contribution in [-0.4, -0.2) is 69.0 Å². The maximum Gasteiger partial charge on any atom is 0.408 e. The van der Waals surface area contributed by atoms with Crippen LogP contribution in [0.4, 0.5) is 10.6 Å². The first-order valence-electron chi connectivity index (χ1n) is 15.7. The van der Waals surface area contributed by atoms with Gasteiger partial charge in [-0.1, -0.05) is 48.5 Å². The Labute approximate surface area is 270 Å². The Bertz CT molecular complexity index is 1500. The number of nitrogens with zero attached hydrogens (tertiary/aromatic N) is 3. The maximum atomic E-state index is 13.5. The lowest BCUT2D eigenvalue weighted by Crippen LogP contribution is -2.52. The van der Waals surface area contributed by atoms with Crippen LogP contribution >= 0.6 is 0 Å². The van der Waals surface area contributed by atoms with E-state index < -0.39 is 29.1 Å². The first-order valence-corrected chi connectivity index (χ1v) is 15.7. The van der Waals surface area contributed by atoms with Crippen molar-refractivity contribution < 1.29 is 28.7 Å². The standard InChI is InChI=1S/C35H45N5O6/c1-34(2,3)46-33(44)38-35(4,5)29(41)19-27(23-45-22-25-13-7-6-8-14-25)31(42)37-30-21-39(24-36-30)20-26-15-9-10-16-28(26)32(43)40-17-11-12-18-40/h6-10,13-16,21,24,27H,11-12,17-20,22-23H2,1-5H3,(H,37,42)(H,38,44)/t27-/m1/s1. The third-order valence-electron chi connectivity index (χ3n) is 7.62. The summed E-state index contributed by atoms with van der Waals surface area (Å²) >= 11 is 0. The first kappa shape index (κ1) is 34.4. The van der Waals surface area contributed by atoms with E-state index in [9.17, 15) is 19.2 Å². The highest BCUT2D eigenvalue weighted by molar-refractivity contribution is 5.98. The minimum absolute atomic E-state index is 0.0221. The van der Waals surface area contributed by atoms with Gasteiger partial charge >= 0.3 is 6.09 Å². The lowest BCUT2D eigenvalue weighted by Gasteiger charge is -2.28. The van der Waals surface area contributed by atoms with Crippen LogP contribution in [0.5, 0.6) is 0 Å². The zero-order valence-electron chi connectivity index (χ0n) is 27.4. The molecular weight excluding hydrogens is 586 g/mol. The zero-order valence-corrected chi connectivity index (χ0v) is 27.4. The van der Waals surface area contributed by atoms with Gasteiger partial charge in [0.15, 0.2) is 11.6 Å². The molecule has 0 bridgehead atoms. The average molecular weight is 632 g/mol. The lowest BCUT2D eigenvalue weighted by atomic mass is 9.90. The summed E-state index contributed by atoms with van der Waals surface area (Å²) in [4.78, 5) is 58.7. The summed E-state index contributed by atoms with van der Waals surface area (Å²) in [5.41, 5.74) is 0.419. The molecule has 1 fully saturated rings. The van der Waals surface area contributed by atoms with Crippen LogP contribution in [0.3, 0.4) is 0 Å². The number of ether oxygens (including phenoxy) is 2. The third-order valence-corrected chi connectivity index (χ3v) is 7.62. The van der Waals surface area contributed by atoms with Crippen LogP contribution in [0.2, 0.25) is 0 Å². The molecule has 3 aromatic rings. The van der Waals surface area contributed by atoms with E-state index in [4.69, 9.17) is 9.47 Å². The Morgan fingerprint density at radius 2 is 1.61 bits per heavy atom. The van der Waals surface area contributed by atoms with Gasteiger partial charge < -0.3 is 29.6 Å². The number of carbonyl (C=O) groups excluding carboxylic acids is 4. The molecule has 3 amide bonds. The smallest absolute Gasteiger partial charge is 0.408 e. The van der Waals surface area contributed by atoms with Crippen molar-refractivity contribution in [1.82, 2.24) is 19.8 Å². The van der Waals surface area contributed by atoms with E-state index >= 15 is 0 Å². The van der Waals surface area contributed by atoms with Crippen LogP contribution in [0.25, 0.3) is 0 Å². The van der Waals surface area contributed by atoms with Gasteiger partial charge in [0.2, 0.25) is 5.91 Å². The largest absolute Gasteiger partial charge is 0.444 e. The number of hydrogen-bond donors (Lipinski definition) is 2. The molecule has 46 heavy (non-hydrogen) atoms. The number of carbonyl (C=O) groups is 4. The molecule has 1 aliphatic heterocycles. The number of benzene rings is 2. The van der Waals surface area contributed by atoms with Crippen molar-refractivity contribution in [2.24, 2.45) is 5.92 Å². The molecule has 0 spiro atoms. The van der Waals surface area contributed by atoms with E-state index in [0.717, 1.165) is 37.1 Å². The monoisotopic (exact) mass is 631 g/mol. The molecule has 2 heterocycles. The number of imidazole rings is 1. The summed E-state index contributed by atoms with van der Waals surface area (Å²) < 4.78 is 13.0. The van der Waals surface area contributed by atoms with Gasteiger partial charge in [-0.15, -0.1) is 0 Å². The topological polar surface area (TPSA) is 132 Å². The van der Waals surface area contributed by atoms with Crippen molar-refractivity contribution in [3.8, 4) is 0 Å². The van der Waals surface area contributed by atoms with Gasteiger partial charge in [-0.2, -0.15) is 0 Å². The summed E-state index contributed by atoms with van der Waals surface area (Å²) in [5, 5.41) is 5.44. The Morgan fingerprint density at radius 1 is 0.935 bits per heavy atom. The molecule has 0 radical (unpaired) electrons. The number of anilines is 1. The number of aromatic nitrogens is 2. The van der Waals surface area contributed by atoms with Crippen LogP contribution in [0.15, 0.2) is 67.1 Å². The van der Waals surface area contributed by atoms with Gasteiger partial charge in [-0.25, -0.2) is 9.78 Å². The van der Waals surface area contributed by atoms with Crippen molar-refractivity contribution in [2.45, 2.75) is 78.2 Å². The Morgan fingerprint density at radius 3 is 2.30 bits per heavy atom. The number of rotatable bonds is 13. The molecule has 0 unspecified atom stereocenters. The maximum absolute atomic E-state index is 13.5. The van der Waals surface area contributed by atoms with Gasteiger partial charge in [0, 0.05) is 37.8 Å². The fraction of sp³-hybridized carbons (Fsp3) is 0.457. The molecule has 0 aliphatic carbocycles. The quantitative estimate of drug-likeness (QED) is 0.265. The summed E-state index contributed by atoms with van der Waals surface area (Å²) in [6.45, 7) is 10.5. The molecule has 246 valence electrons. The van der Waals surface area contributed by atoms with Crippen molar-refractivity contribution in [3.05, 3.63) is 83.8 Å². The average Bonchev–Trinajstić information content (AvgIpc) is 3.68. The van der Waals surface area contributed by atoms with Crippen LogP contribution in [-0.2, 0) is 32.2 Å². The summed E-state index contributed by atoms with van der Waals surface area (Å²) in [6.07, 6.45) is 4.40. The fourth-order valence-electron chi connectivity index (χ4n) is 5.12. The van der Waals surface area contributed by atoms with Crippen molar-refractivity contribution >= 4 is 29.5 Å². The minimum atomic E-state index is -1.29. The van der Waals surface area contributed by atoms with Crippen molar-refractivity contribution in [3.63, 3.8) is 0 Å². The highest BCUT2D eigenvalue weighted by Crippen LogP contribution is 2.20. The van der Waals surface area contributed by atoms with Gasteiger partial charge in [-0.05, 0) is 64.7 Å². The van der Waals surface area contributed by atoms with E-state index in [1.807, 2.05) is 59.5 Å². The van der Waals surface area contributed by atoms with E-state index in [1.165, 1.54) is 0 Å². The molecule has 1 aromatic heterocycles. The second kappa shape index (κ2) is 15.2. The summed E-state index contributed by atoms with van der Waals surface area (Å²) in [6, 6.07) is 17.0. The van der Waals surface area contributed by atoms with E-state index in [-0.39, 0.29) is 31.3 Å². The predicted octanol–water partition coefficient (Wildman–Crippen LogP) is 5.20. The highest BCUT2D eigenvalue weighted by Gasteiger charge is 2.35. The molecular formula is C35H45N5O6.